The largest absolute Gasteiger partial charge is 0.491 e. The van der Waals surface area contributed by atoms with Gasteiger partial charge in [0.1, 0.15) is 12.0 Å². The van der Waals surface area contributed by atoms with Gasteiger partial charge in [-0.05, 0) is 17.7 Å². The minimum atomic E-state index is -5.67. The molecule has 9 nitrogen and oxygen atoms in total. The summed E-state index contributed by atoms with van der Waals surface area (Å²) in [5.74, 6) is -12.1. The SMILES string of the molecule is O=C1C=CN2N3C(=O)C(OC(=O)C(F)(F)F)(c4ccccc4)C(=O)C3C1C2(Cc1ccccc1Cl)OC(=O)C(F)(F)F. The summed E-state index contributed by atoms with van der Waals surface area (Å²) in [6, 6.07) is 9.25. The van der Waals surface area contributed by atoms with Crippen LogP contribution in [0.1, 0.15) is 11.1 Å². The summed E-state index contributed by atoms with van der Waals surface area (Å²) in [5, 5.41) is 0.896. The maximum atomic E-state index is 14.1. The number of allylic oxidation sites excluding steroid dienone is 1. The van der Waals surface area contributed by atoms with Crippen LogP contribution in [0.4, 0.5) is 26.3 Å². The average molecular weight is 617 g/mol. The first-order valence-electron chi connectivity index (χ1n) is 11.8. The number of alkyl halides is 6. The lowest BCUT2D eigenvalue weighted by Gasteiger charge is -2.44. The van der Waals surface area contributed by atoms with E-state index in [1.807, 2.05) is 0 Å². The third kappa shape index (κ3) is 4.21. The van der Waals surface area contributed by atoms with Crippen LogP contribution in [0.15, 0.2) is 66.9 Å². The number of hydrogen-bond acceptors (Lipinski definition) is 8. The van der Waals surface area contributed by atoms with Gasteiger partial charge in [0.05, 0.1) is 0 Å². The topological polar surface area (TPSA) is 110 Å². The van der Waals surface area contributed by atoms with Crippen LogP contribution < -0.4 is 0 Å². The van der Waals surface area contributed by atoms with E-state index in [-0.39, 0.29) is 10.6 Å². The summed E-state index contributed by atoms with van der Waals surface area (Å²) in [6.45, 7) is 0. The first-order chi connectivity index (χ1) is 19.6. The van der Waals surface area contributed by atoms with Gasteiger partial charge in [0, 0.05) is 23.2 Å². The molecule has 3 aliphatic rings. The Bertz CT molecular complexity index is 1550. The number of ether oxygens (including phenoxy) is 2. The second-order valence-corrected chi connectivity index (χ2v) is 9.84. The summed E-state index contributed by atoms with van der Waals surface area (Å²) < 4.78 is 89.9. The third-order valence-corrected chi connectivity index (χ3v) is 7.43. The summed E-state index contributed by atoms with van der Waals surface area (Å²) in [7, 11) is 0. The van der Waals surface area contributed by atoms with Crippen molar-refractivity contribution >= 4 is 41.0 Å². The van der Waals surface area contributed by atoms with Crippen LogP contribution in [-0.4, -0.2) is 63.5 Å². The molecule has 42 heavy (non-hydrogen) atoms. The Balaban J connectivity index is 1.71. The van der Waals surface area contributed by atoms with Gasteiger partial charge in [-0.2, -0.15) is 26.3 Å². The summed E-state index contributed by atoms with van der Waals surface area (Å²) in [5.41, 5.74) is -6.51. The van der Waals surface area contributed by atoms with E-state index in [1.165, 1.54) is 42.5 Å². The molecule has 0 aromatic heterocycles. The summed E-state index contributed by atoms with van der Waals surface area (Å²) >= 11 is 6.19. The average Bonchev–Trinajstić information content (AvgIpc) is 3.21. The van der Waals surface area contributed by atoms with Crippen molar-refractivity contribution in [2.75, 3.05) is 0 Å². The Morgan fingerprint density at radius 2 is 1.43 bits per heavy atom. The van der Waals surface area contributed by atoms with E-state index in [9.17, 15) is 50.3 Å². The van der Waals surface area contributed by atoms with Crippen molar-refractivity contribution in [1.29, 1.82) is 0 Å². The van der Waals surface area contributed by atoms with Crippen LogP contribution in [0.3, 0.4) is 0 Å². The first kappa shape index (κ1) is 29.1. The predicted octanol–water partition coefficient (Wildman–Crippen LogP) is 3.41. The van der Waals surface area contributed by atoms with Crippen molar-refractivity contribution in [2.45, 2.75) is 36.1 Å². The lowest BCUT2D eigenvalue weighted by molar-refractivity contribution is -0.241. The number of ketones is 2. The molecule has 2 aromatic rings. The number of rotatable bonds is 5. The first-order valence-corrected chi connectivity index (χ1v) is 12.2. The van der Waals surface area contributed by atoms with Gasteiger partial charge in [0.15, 0.2) is 5.78 Å². The highest BCUT2D eigenvalue weighted by Gasteiger charge is 2.78. The number of amides is 1. The van der Waals surface area contributed by atoms with Gasteiger partial charge < -0.3 is 9.47 Å². The number of carbonyl (C=O) groups excluding carboxylic acids is 5. The third-order valence-electron chi connectivity index (χ3n) is 7.06. The fourth-order valence-electron chi connectivity index (χ4n) is 5.39. The lowest BCUT2D eigenvalue weighted by Crippen LogP contribution is -2.61. The molecule has 4 atom stereocenters. The maximum absolute atomic E-state index is 14.1. The Hall–Kier alpha value is -4.40. The summed E-state index contributed by atoms with van der Waals surface area (Å²) in [4.78, 5) is 65.6. The number of esters is 2. The van der Waals surface area contributed by atoms with Gasteiger partial charge in [0.25, 0.3) is 11.5 Å². The molecule has 0 radical (unpaired) electrons. The predicted molar refractivity (Wildman–Crippen MR) is 125 cm³/mol. The second kappa shape index (κ2) is 9.58. The normalized spacial score (nSPS) is 26.9. The standard InChI is InChI=1S/C26H15ClF6N2O7/c27-15-9-5-4-6-13(15)12-23(41-21(39)25(28,29)30)17-16(36)10-11-34(23)35-18(17)19(37)24(20(35)38,14-7-2-1-3-8-14)42-22(40)26(31,32)33/h1-11,17-18H,12H2. The number of hydrazine groups is 1. The highest BCUT2D eigenvalue weighted by atomic mass is 35.5. The van der Waals surface area contributed by atoms with Crippen molar-refractivity contribution in [1.82, 2.24) is 10.0 Å². The van der Waals surface area contributed by atoms with Gasteiger partial charge in [-0.15, -0.1) is 0 Å². The Morgan fingerprint density at radius 3 is 2.02 bits per heavy atom. The van der Waals surface area contributed by atoms with Crippen molar-refractivity contribution in [3.05, 3.63) is 83.0 Å². The van der Waals surface area contributed by atoms with Crippen molar-refractivity contribution in [3.8, 4) is 0 Å². The molecule has 2 fully saturated rings. The molecule has 0 saturated carbocycles. The Morgan fingerprint density at radius 1 is 0.857 bits per heavy atom. The van der Waals surface area contributed by atoms with E-state index >= 15 is 0 Å². The number of benzene rings is 2. The van der Waals surface area contributed by atoms with Gasteiger partial charge >= 0.3 is 24.3 Å². The molecule has 1 amide bonds. The van der Waals surface area contributed by atoms with Gasteiger partial charge in [-0.3, -0.25) is 14.4 Å². The molecule has 0 N–H and O–H groups in total. The number of Topliss-reactive ketones (excluding diaryl/α,β-unsaturated/α-hetero) is 1. The molecule has 4 unspecified atom stereocenters. The van der Waals surface area contributed by atoms with Crippen LogP contribution in [0, 0.1) is 5.92 Å². The van der Waals surface area contributed by atoms with Crippen molar-refractivity contribution in [3.63, 3.8) is 0 Å². The number of halogens is 7. The smallest absolute Gasteiger partial charge is 0.429 e. The second-order valence-electron chi connectivity index (χ2n) is 9.43. The molecule has 2 bridgehead atoms. The van der Waals surface area contributed by atoms with Crippen LogP contribution in [0.25, 0.3) is 0 Å². The van der Waals surface area contributed by atoms with Crippen LogP contribution in [-0.2, 0) is 45.5 Å². The highest BCUT2D eigenvalue weighted by molar-refractivity contribution is 6.31. The molecule has 0 aliphatic carbocycles. The fourth-order valence-corrected chi connectivity index (χ4v) is 5.59. The number of nitrogens with zero attached hydrogens (tertiary/aromatic N) is 2. The number of carbonyl (C=O) groups is 5. The quantitative estimate of drug-likeness (QED) is 0.286. The summed E-state index contributed by atoms with van der Waals surface area (Å²) in [6.07, 6.45) is -10.5. The Kier molecular flexibility index (Phi) is 6.64. The van der Waals surface area contributed by atoms with E-state index in [0.29, 0.717) is 10.0 Å². The molecule has 5 rings (SSSR count). The van der Waals surface area contributed by atoms with E-state index in [0.717, 1.165) is 24.4 Å². The molecule has 0 spiro atoms. The zero-order valence-corrected chi connectivity index (χ0v) is 21.4. The molecule has 220 valence electrons. The Labute approximate surface area is 236 Å². The molecule has 16 heteroatoms. The minimum Gasteiger partial charge on any atom is -0.429 e. The van der Waals surface area contributed by atoms with Crippen LogP contribution in [0.2, 0.25) is 5.02 Å². The monoisotopic (exact) mass is 616 g/mol. The van der Waals surface area contributed by atoms with Gasteiger partial charge in [0.2, 0.25) is 11.5 Å². The maximum Gasteiger partial charge on any atom is 0.491 e. The van der Waals surface area contributed by atoms with Gasteiger partial charge in [-0.1, -0.05) is 60.1 Å². The number of fused-ring (bicyclic) bond motifs is 5. The zero-order chi connectivity index (χ0) is 30.8. The molecule has 2 saturated heterocycles. The van der Waals surface area contributed by atoms with Crippen molar-refractivity contribution < 1.29 is 59.8 Å². The van der Waals surface area contributed by atoms with E-state index < -0.39 is 77.0 Å². The fraction of sp³-hybridized carbons (Fsp3) is 0.269. The van der Waals surface area contributed by atoms with E-state index in [2.05, 4.69) is 4.74 Å². The molecule has 2 aromatic carbocycles. The molecule has 3 heterocycles. The van der Waals surface area contributed by atoms with E-state index in [4.69, 9.17) is 16.3 Å². The number of hydrogen-bond donors (Lipinski definition) is 0. The molecule has 3 aliphatic heterocycles. The highest BCUT2D eigenvalue weighted by Crippen LogP contribution is 2.54. The van der Waals surface area contributed by atoms with Crippen LogP contribution >= 0.6 is 11.6 Å². The molecular formula is C26H15ClF6N2O7. The lowest BCUT2D eigenvalue weighted by atomic mass is 9.77. The van der Waals surface area contributed by atoms with Gasteiger partial charge in [-0.25, -0.2) is 19.6 Å². The van der Waals surface area contributed by atoms with Crippen LogP contribution in [0.5, 0.6) is 0 Å². The minimum absolute atomic E-state index is 0.0335. The molecular weight excluding hydrogens is 602 g/mol. The van der Waals surface area contributed by atoms with E-state index in [1.54, 1.807) is 0 Å². The van der Waals surface area contributed by atoms with Crippen molar-refractivity contribution in [2.24, 2.45) is 5.92 Å². The zero-order valence-electron chi connectivity index (χ0n) is 20.6.